The lowest BCUT2D eigenvalue weighted by Crippen LogP contribution is -2.29. The molecule has 0 bridgehead atoms. The zero-order chi connectivity index (χ0) is 11.4. The number of benzene rings is 1. The van der Waals surface area contributed by atoms with E-state index in [1.165, 1.54) is 43.5 Å². The minimum atomic E-state index is 1.01. The molecule has 1 aromatic carbocycles. The molecule has 0 saturated carbocycles. The molecule has 0 atom stereocenters. The van der Waals surface area contributed by atoms with Crippen molar-refractivity contribution in [2.24, 2.45) is 0 Å². The highest BCUT2D eigenvalue weighted by molar-refractivity contribution is 5.36. The van der Waals surface area contributed by atoms with Crippen molar-refractivity contribution in [3.63, 3.8) is 0 Å². The second kappa shape index (κ2) is 5.35. The normalized spacial score (nSPS) is 17.4. The molecule has 1 aliphatic heterocycles. The number of hydrogen-bond donors (Lipinski definition) is 0. The van der Waals surface area contributed by atoms with Gasteiger partial charge in [0.15, 0.2) is 0 Å². The van der Waals surface area contributed by atoms with Gasteiger partial charge in [-0.25, -0.2) is 0 Å². The minimum Gasteiger partial charge on any atom is -0.496 e. The van der Waals surface area contributed by atoms with E-state index in [0.717, 1.165) is 12.3 Å². The number of piperidine rings is 1. The van der Waals surface area contributed by atoms with Crippen LogP contribution in [0.15, 0.2) is 18.2 Å². The number of hydrogen-bond acceptors (Lipinski definition) is 2. The van der Waals surface area contributed by atoms with Crippen molar-refractivity contribution in [3.05, 3.63) is 29.3 Å². The Hall–Kier alpha value is -1.02. The van der Waals surface area contributed by atoms with E-state index in [0.29, 0.717) is 0 Å². The fourth-order valence-corrected chi connectivity index (χ4v) is 2.34. The number of nitrogens with zero attached hydrogens (tertiary/aromatic N) is 1. The van der Waals surface area contributed by atoms with Crippen molar-refractivity contribution < 1.29 is 4.74 Å². The number of likely N-dealkylation sites (tertiary alicyclic amines) is 1. The van der Waals surface area contributed by atoms with Gasteiger partial charge in [0.25, 0.3) is 0 Å². The number of aryl methyl sites for hydroxylation is 1. The molecule has 1 fully saturated rings. The van der Waals surface area contributed by atoms with Gasteiger partial charge in [-0.15, -0.1) is 0 Å². The first-order chi connectivity index (χ1) is 7.79. The molecule has 2 nitrogen and oxygen atoms in total. The van der Waals surface area contributed by atoms with Crippen LogP contribution >= 0.6 is 0 Å². The average Bonchev–Trinajstić information content (AvgIpc) is 2.33. The topological polar surface area (TPSA) is 12.5 Å². The van der Waals surface area contributed by atoms with Gasteiger partial charge in [-0.1, -0.05) is 18.6 Å². The van der Waals surface area contributed by atoms with Gasteiger partial charge in [-0.05, 0) is 50.0 Å². The summed E-state index contributed by atoms with van der Waals surface area (Å²) in [5, 5.41) is 0. The molecule has 0 aromatic heterocycles. The van der Waals surface area contributed by atoms with Crippen LogP contribution in [-0.4, -0.2) is 25.1 Å². The third-order valence-electron chi connectivity index (χ3n) is 3.33. The Kier molecular flexibility index (Phi) is 3.83. The predicted octanol–water partition coefficient (Wildman–Crippen LogP) is 2.99. The van der Waals surface area contributed by atoms with Gasteiger partial charge in [0.2, 0.25) is 0 Å². The van der Waals surface area contributed by atoms with Gasteiger partial charge in [0.05, 0.1) is 7.11 Å². The van der Waals surface area contributed by atoms with Crippen molar-refractivity contribution in [1.29, 1.82) is 0 Å². The average molecular weight is 219 g/mol. The number of ether oxygens (including phenoxy) is 1. The summed E-state index contributed by atoms with van der Waals surface area (Å²) in [6.45, 7) is 5.65. The lowest BCUT2D eigenvalue weighted by molar-refractivity contribution is 0.220. The molecule has 2 rings (SSSR count). The Labute approximate surface area is 98.2 Å². The molecule has 16 heavy (non-hydrogen) atoms. The first kappa shape index (κ1) is 11.5. The maximum atomic E-state index is 5.36. The second-order valence-electron chi connectivity index (χ2n) is 4.64. The largest absolute Gasteiger partial charge is 0.496 e. The zero-order valence-corrected chi connectivity index (χ0v) is 10.3. The summed E-state index contributed by atoms with van der Waals surface area (Å²) in [5.74, 6) is 1.01. The summed E-state index contributed by atoms with van der Waals surface area (Å²) in [6, 6.07) is 6.54. The van der Waals surface area contributed by atoms with E-state index in [1.54, 1.807) is 7.11 Å². The smallest absolute Gasteiger partial charge is 0.122 e. The van der Waals surface area contributed by atoms with Crippen molar-refractivity contribution in [2.75, 3.05) is 20.2 Å². The van der Waals surface area contributed by atoms with Crippen molar-refractivity contribution >= 4 is 0 Å². The lowest BCUT2D eigenvalue weighted by Gasteiger charge is -2.26. The molecule has 0 radical (unpaired) electrons. The monoisotopic (exact) mass is 219 g/mol. The summed E-state index contributed by atoms with van der Waals surface area (Å²) < 4.78 is 5.36. The fourth-order valence-electron chi connectivity index (χ4n) is 2.34. The molecule has 0 aliphatic carbocycles. The van der Waals surface area contributed by atoms with Crippen LogP contribution in [0.4, 0.5) is 0 Å². The minimum absolute atomic E-state index is 1.01. The highest BCUT2D eigenvalue weighted by Gasteiger charge is 2.10. The third-order valence-corrected chi connectivity index (χ3v) is 3.33. The molecule has 1 aromatic rings. The van der Waals surface area contributed by atoms with Crippen LogP contribution in [-0.2, 0) is 6.54 Å². The summed E-state index contributed by atoms with van der Waals surface area (Å²) in [4.78, 5) is 2.54. The van der Waals surface area contributed by atoms with Crippen molar-refractivity contribution in [1.82, 2.24) is 4.90 Å². The van der Waals surface area contributed by atoms with E-state index in [1.807, 2.05) is 0 Å². The summed E-state index contributed by atoms with van der Waals surface area (Å²) in [6.07, 6.45) is 4.10. The van der Waals surface area contributed by atoms with Crippen LogP contribution in [0, 0.1) is 6.92 Å². The first-order valence-electron chi connectivity index (χ1n) is 6.15. The molecule has 0 unspecified atom stereocenters. The second-order valence-corrected chi connectivity index (χ2v) is 4.64. The van der Waals surface area contributed by atoms with Gasteiger partial charge in [-0.3, -0.25) is 4.90 Å². The van der Waals surface area contributed by atoms with E-state index in [2.05, 4.69) is 30.0 Å². The molecule has 2 heteroatoms. The Morgan fingerprint density at radius 2 is 1.94 bits per heavy atom. The number of methoxy groups -OCH3 is 1. The predicted molar refractivity (Wildman–Crippen MR) is 66.9 cm³/mol. The van der Waals surface area contributed by atoms with Gasteiger partial charge in [0.1, 0.15) is 5.75 Å². The van der Waals surface area contributed by atoms with Gasteiger partial charge >= 0.3 is 0 Å². The Morgan fingerprint density at radius 3 is 2.62 bits per heavy atom. The Morgan fingerprint density at radius 1 is 1.19 bits per heavy atom. The first-order valence-corrected chi connectivity index (χ1v) is 6.15. The van der Waals surface area contributed by atoms with E-state index in [-0.39, 0.29) is 0 Å². The van der Waals surface area contributed by atoms with Crippen molar-refractivity contribution in [2.45, 2.75) is 32.7 Å². The molecule has 0 N–H and O–H groups in total. The number of rotatable bonds is 3. The maximum absolute atomic E-state index is 5.36. The van der Waals surface area contributed by atoms with E-state index in [9.17, 15) is 0 Å². The van der Waals surface area contributed by atoms with Crippen LogP contribution < -0.4 is 4.74 Å². The third kappa shape index (κ3) is 2.76. The highest BCUT2D eigenvalue weighted by atomic mass is 16.5. The quantitative estimate of drug-likeness (QED) is 0.775. The Bertz CT molecular complexity index is 343. The SMILES string of the molecule is COc1cc(CN2CCCCC2)ccc1C. The van der Waals surface area contributed by atoms with Crippen molar-refractivity contribution in [3.8, 4) is 5.75 Å². The molecular weight excluding hydrogens is 198 g/mol. The van der Waals surface area contributed by atoms with E-state index >= 15 is 0 Å². The van der Waals surface area contributed by atoms with Crippen LogP contribution in [0.2, 0.25) is 0 Å². The molecule has 1 heterocycles. The molecule has 0 amide bonds. The lowest BCUT2D eigenvalue weighted by atomic mass is 10.1. The van der Waals surface area contributed by atoms with Gasteiger partial charge in [0, 0.05) is 6.54 Å². The van der Waals surface area contributed by atoms with Crippen LogP contribution in [0.25, 0.3) is 0 Å². The van der Waals surface area contributed by atoms with E-state index < -0.39 is 0 Å². The van der Waals surface area contributed by atoms with Gasteiger partial charge in [-0.2, -0.15) is 0 Å². The summed E-state index contributed by atoms with van der Waals surface area (Å²) >= 11 is 0. The molecule has 1 aliphatic rings. The fraction of sp³-hybridized carbons (Fsp3) is 0.571. The van der Waals surface area contributed by atoms with Crippen LogP contribution in [0.5, 0.6) is 5.75 Å². The molecular formula is C14H21NO. The van der Waals surface area contributed by atoms with E-state index in [4.69, 9.17) is 4.74 Å². The maximum Gasteiger partial charge on any atom is 0.122 e. The Balaban J connectivity index is 2.03. The molecule has 1 saturated heterocycles. The molecule has 88 valence electrons. The highest BCUT2D eigenvalue weighted by Crippen LogP contribution is 2.21. The van der Waals surface area contributed by atoms with Crippen LogP contribution in [0.3, 0.4) is 0 Å². The zero-order valence-electron chi connectivity index (χ0n) is 10.3. The summed E-state index contributed by atoms with van der Waals surface area (Å²) in [5.41, 5.74) is 2.58. The van der Waals surface area contributed by atoms with Gasteiger partial charge < -0.3 is 4.74 Å². The molecule has 0 spiro atoms. The standard InChI is InChI=1S/C14H21NO/c1-12-6-7-13(10-14(12)16-2)11-15-8-4-3-5-9-15/h6-7,10H,3-5,8-9,11H2,1-2H3. The summed E-state index contributed by atoms with van der Waals surface area (Å²) in [7, 11) is 1.74. The van der Waals surface area contributed by atoms with Crippen LogP contribution in [0.1, 0.15) is 30.4 Å².